The third kappa shape index (κ3) is 5.32. The van der Waals surface area contributed by atoms with E-state index < -0.39 is 23.0 Å². The smallest absolute Gasteiger partial charge is 0.340 e. The van der Waals surface area contributed by atoms with Crippen LogP contribution in [-0.4, -0.2) is 75.5 Å². The number of para-hydroxylation sites is 1. The zero-order valence-electron chi connectivity index (χ0n) is 19.7. The molecule has 0 radical (unpaired) electrons. The van der Waals surface area contributed by atoms with Crippen molar-refractivity contribution in [2.45, 2.75) is 26.9 Å². The maximum Gasteiger partial charge on any atom is 0.433 e. The summed E-state index contributed by atoms with van der Waals surface area (Å²) in [5, 5.41) is 2.34. The van der Waals surface area contributed by atoms with Crippen molar-refractivity contribution in [1.82, 2.24) is 24.6 Å². The molecular formula is C23H27F3N6O2S. The fourth-order valence-corrected chi connectivity index (χ4v) is 4.99. The van der Waals surface area contributed by atoms with Crippen molar-refractivity contribution in [3.63, 3.8) is 0 Å². The fourth-order valence-electron chi connectivity index (χ4n) is 4.06. The molecule has 1 aliphatic heterocycles. The van der Waals surface area contributed by atoms with E-state index in [-0.39, 0.29) is 29.2 Å². The quantitative estimate of drug-likeness (QED) is 0.517. The Balaban J connectivity index is 1.51. The lowest BCUT2D eigenvalue weighted by molar-refractivity contribution is -0.141. The number of carbonyl (C=O) groups excluding carboxylic acids is 1. The molecule has 4 rings (SSSR count). The number of fused-ring (bicyclic) bond motifs is 1. The Morgan fingerprint density at radius 1 is 1.20 bits per heavy atom. The first-order valence-corrected chi connectivity index (χ1v) is 12.2. The van der Waals surface area contributed by atoms with Crippen molar-refractivity contribution in [3.05, 3.63) is 45.9 Å². The molecule has 2 aromatic heterocycles. The molecule has 3 aromatic rings. The van der Waals surface area contributed by atoms with Crippen LogP contribution in [0.4, 0.5) is 13.2 Å². The van der Waals surface area contributed by atoms with E-state index in [9.17, 15) is 22.8 Å². The van der Waals surface area contributed by atoms with E-state index in [1.54, 1.807) is 24.3 Å². The standard InChI is InChI=1S/C23H27F3N6O2S/c1-14(2)20(33)31-12-10-30(11-13-31)9-8-27-15(3)18-19(23(24,25)26)29-32(21(18)34)22-28-16-6-4-5-7-17(16)35-22/h4-7,14,29H,8-13H2,1-3H3. The lowest BCUT2D eigenvalue weighted by Crippen LogP contribution is -2.50. The molecule has 12 heteroatoms. The number of alkyl halides is 3. The first-order chi connectivity index (χ1) is 16.6. The van der Waals surface area contributed by atoms with Crippen molar-refractivity contribution in [2.75, 3.05) is 39.3 Å². The molecule has 3 heterocycles. The number of nitrogens with zero attached hydrogens (tertiary/aromatic N) is 5. The van der Waals surface area contributed by atoms with Crippen LogP contribution in [-0.2, 0) is 11.0 Å². The number of rotatable bonds is 6. The Morgan fingerprint density at radius 2 is 1.89 bits per heavy atom. The van der Waals surface area contributed by atoms with Gasteiger partial charge in [-0.25, -0.2) is 4.98 Å². The van der Waals surface area contributed by atoms with Gasteiger partial charge in [-0.2, -0.15) is 17.9 Å². The average molecular weight is 509 g/mol. The van der Waals surface area contributed by atoms with Gasteiger partial charge in [0.15, 0.2) is 5.69 Å². The minimum atomic E-state index is -4.76. The number of hydrogen-bond donors (Lipinski definition) is 1. The maximum atomic E-state index is 13.8. The van der Waals surface area contributed by atoms with Crippen LogP contribution in [0.25, 0.3) is 15.3 Å². The van der Waals surface area contributed by atoms with Gasteiger partial charge in [0.1, 0.15) is 0 Å². The first kappa shape index (κ1) is 25.1. The molecule has 0 spiro atoms. The van der Waals surface area contributed by atoms with Gasteiger partial charge in [-0.3, -0.25) is 24.6 Å². The highest BCUT2D eigenvalue weighted by Crippen LogP contribution is 2.31. The lowest BCUT2D eigenvalue weighted by Gasteiger charge is -2.35. The second-order valence-corrected chi connectivity index (χ2v) is 9.76. The minimum Gasteiger partial charge on any atom is -0.340 e. The van der Waals surface area contributed by atoms with Crippen LogP contribution in [0.1, 0.15) is 32.0 Å². The minimum absolute atomic E-state index is 0.0204. The van der Waals surface area contributed by atoms with E-state index in [2.05, 4.69) is 20.0 Å². The molecule has 35 heavy (non-hydrogen) atoms. The van der Waals surface area contributed by atoms with Crippen LogP contribution in [0.15, 0.2) is 34.1 Å². The second kappa shape index (κ2) is 9.94. The molecule has 0 unspecified atom stereocenters. The van der Waals surface area contributed by atoms with Crippen LogP contribution in [0.2, 0.25) is 0 Å². The normalized spacial score (nSPS) is 16.0. The number of aromatic nitrogens is 3. The van der Waals surface area contributed by atoms with Gasteiger partial charge in [-0.05, 0) is 19.1 Å². The summed E-state index contributed by atoms with van der Waals surface area (Å²) in [4.78, 5) is 37.7. The number of piperazine rings is 1. The number of thiazole rings is 1. The Labute approximate surface area is 204 Å². The molecule has 1 fully saturated rings. The topological polar surface area (TPSA) is 86.6 Å². The maximum absolute atomic E-state index is 13.8. The van der Waals surface area contributed by atoms with Gasteiger partial charge in [0.05, 0.1) is 22.3 Å². The molecule has 1 aliphatic rings. The van der Waals surface area contributed by atoms with E-state index in [0.717, 1.165) is 20.7 Å². The third-order valence-electron chi connectivity index (χ3n) is 5.95. The van der Waals surface area contributed by atoms with E-state index in [1.165, 1.54) is 6.92 Å². The summed E-state index contributed by atoms with van der Waals surface area (Å²) < 4.78 is 43.0. The molecule has 0 atom stereocenters. The van der Waals surface area contributed by atoms with Gasteiger partial charge < -0.3 is 4.90 Å². The third-order valence-corrected chi connectivity index (χ3v) is 6.97. The summed E-state index contributed by atoms with van der Waals surface area (Å²) >= 11 is 1.13. The van der Waals surface area contributed by atoms with Crippen molar-refractivity contribution < 1.29 is 18.0 Å². The monoisotopic (exact) mass is 508 g/mol. The van der Waals surface area contributed by atoms with Crippen molar-refractivity contribution in [3.8, 4) is 5.13 Å². The van der Waals surface area contributed by atoms with E-state index in [1.807, 2.05) is 18.7 Å². The number of aliphatic imine (C=N–C) groups is 1. The molecule has 0 aliphatic carbocycles. The largest absolute Gasteiger partial charge is 0.433 e. The number of amides is 1. The number of nitrogens with one attached hydrogen (secondary N) is 1. The van der Waals surface area contributed by atoms with Crippen LogP contribution < -0.4 is 5.56 Å². The average Bonchev–Trinajstić information content (AvgIpc) is 3.39. The van der Waals surface area contributed by atoms with Gasteiger partial charge in [0.25, 0.3) is 5.56 Å². The summed E-state index contributed by atoms with van der Waals surface area (Å²) in [6.45, 7) is 8.50. The summed E-state index contributed by atoms with van der Waals surface area (Å²) in [6, 6.07) is 7.10. The van der Waals surface area contributed by atoms with Gasteiger partial charge in [0, 0.05) is 44.4 Å². The van der Waals surface area contributed by atoms with E-state index in [0.29, 0.717) is 38.2 Å². The van der Waals surface area contributed by atoms with Crippen molar-refractivity contribution >= 4 is 33.2 Å². The van der Waals surface area contributed by atoms with Gasteiger partial charge in [-0.1, -0.05) is 37.3 Å². The van der Waals surface area contributed by atoms with E-state index >= 15 is 0 Å². The number of hydrogen-bond acceptors (Lipinski definition) is 6. The zero-order chi connectivity index (χ0) is 25.3. The summed E-state index contributed by atoms with van der Waals surface area (Å²) in [5.74, 6) is 0.0693. The van der Waals surface area contributed by atoms with Crippen LogP contribution in [0.3, 0.4) is 0 Å². The van der Waals surface area contributed by atoms with Crippen LogP contribution in [0, 0.1) is 5.92 Å². The molecule has 0 saturated carbocycles. The van der Waals surface area contributed by atoms with Crippen molar-refractivity contribution in [1.29, 1.82) is 0 Å². The highest BCUT2D eigenvalue weighted by molar-refractivity contribution is 7.20. The van der Waals surface area contributed by atoms with E-state index in [4.69, 9.17) is 0 Å². The van der Waals surface area contributed by atoms with Crippen molar-refractivity contribution in [2.24, 2.45) is 10.9 Å². The lowest BCUT2D eigenvalue weighted by atomic mass is 10.1. The predicted octanol–water partition coefficient (Wildman–Crippen LogP) is 3.40. The number of carbonyl (C=O) groups is 1. The number of aromatic amines is 1. The van der Waals surface area contributed by atoms with Crippen LogP contribution >= 0.6 is 11.3 Å². The summed E-state index contributed by atoms with van der Waals surface area (Å²) in [6.07, 6.45) is -4.76. The first-order valence-electron chi connectivity index (χ1n) is 11.4. The molecule has 8 nitrogen and oxygen atoms in total. The van der Waals surface area contributed by atoms with Crippen LogP contribution in [0.5, 0.6) is 0 Å². The Morgan fingerprint density at radius 3 is 2.51 bits per heavy atom. The molecule has 188 valence electrons. The Bertz CT molecular complexity index is 1270. The fraction of sp³-hybridized carbons (Fsp3) is 0.478. The summed E-state index contributed by atoms with van der Waals surface area (Å²) in [5.41, 5.74) is -1.84. The van der Waals surface area contributed by atoms with Gasteiger partial charge in [-0.15, -0.1) is 0 Å². The van der Waals surface area contributed by atoms with Gasteiger partial charge >= 0.3 is 6.18 Å². The number of H-pyrrole nitrogens is 1. The molecule has 1 aromatic carbocycles. The Hall–Kier alpha value is -2.99. The summed E-state index contributed by atoms with van der Waals surface area (Å²) in [7, 11) is 0. The second-order valence-electron chi connectivity index (χ2n) is 8.75. The highest BCUT2D eigenvalue weighted by atomic mass is 32.1. The van der Waals surface area contributed by atoms with Gasteiger partial charge in [0.2, 0.25) is 11.0 Å². The Kier molecular flexibility index (Phi) is 7.13. The highest BCUT2D eigenvalue weighted by Gasteiger charge is 2.39. The zero-order valence-corrected chi connectivity index (χ0v) is 20.5. The molecule has 1 amide bonds. The molecule has 1 saturated heterocycles. The predicted molar refractivity (Wildman–Crippen MR) is 130 cm³/mol. The SMILES string of the molecule is CC(=NCCN1CCN(C(=O)C(C)C)CC1)c1c(C(F)(F)F)[nH]n(-c2nc3ccccc3s2)c1=O. The molecular weight excluding hydrogens is 481 g/mol. The number of halogens is 3. The molecule has 1 N–H and O–H groups in total. The molecule has 0 bridgehead atoms. The number of benzene rings is 1.